The zero-order valence-corrected chi connectivity index (χ0v) is 28.9. The number of hydrogen-bond acceptors (Lipinski definition) is 3. The van der Waals surface area contributed by atoms with Gasteiger partial charge in [0.05, 0.1) is 5.58 Å². The second kappa shape index (κ2) is 13.3. The quantitative estimate of drug-likeness (QED) is 0.130. The maximum absolute atomic E-state index is 6.41. The molecule has 0 saturated carbocycles. The second-order valence-electron chi connectivity index (χ2n) is 11.8. The van der Waals surface area contributed by atoms with Gasteiger partial charge in [0, 0.05) is 46.0 Å². The first-order valence-corrected chi connectivity index (χ1v) is 17.9. The van der Waals surface area contributed by atoms with E-state index in [4.69, 9.17) is 9.40 Å². The summed E-state index contributed by atoms with van der Waals surface area (Å²) in [7, 11) is -1.56. The van der Waals surface area contributed by atoms with Crippen LogP contribution in [0.2, 0.25) is 19.6 Å². The molecule has 0 N–H and O–H groups in total. The molecule has 1 atom stereocenters. The smallest absolute Gasteiger partial charge is 0.120 e. The molecule has 0 saturated heterocycles. The molecule has 0 aliphatic carbocycles. The van der Waals surface area contributed by atoms with E-state index < -0.39 is 8.07 Å². The fraction of sp³-hybridized carbons (Fsp3) is 0.243. The molecule has 1 radical (unpaired) electrons. The molecule has 0 fully saturated rings. The van der Waals surface area contributed by atoms with Gasteiger partial charge in [-0.3, -0.25) is 0 Å². The number of fused-ring (bicyclic) bond motifs is 3. The van der Waals surface area contributed by atoms with Crippen LogP contribution in [0.15, 0.2) is 89.6 Å². The van der Waals surface area contributed by atoms with Crippen molar-refractivity contribution in [3.8, 4) is 22.5 Å². The van der Waals surface area contributed by atoms with Crippen molar-refractivity contribution in [3.05, 3.63) is 114 Å². The summed E-state index contributed by atoms with van der Waals surface area (Å²) in [5.74, 6) is 0.508. The maximum Gasteiger partial charge on any atom is 0.120 e. The van der Waals surface area contributed by atoms with Crippen LogP contribution in [0.4, 0.5) is 0 Å². The van der Waals surface area contributed by atoms with Crippen LogP contribution in [0.25, 0.3) is 44.5 Å². The number of aromatic nitrogens is 2. The molecule has 3 aromatic heterocycles. The Morgan fingerprint density at radius 3 is 2.33 bits per heavy atom. The van der Waals surface area contributed by atoms with E-state index in [1.165, 1.54) is 32.6 Å². The minimum atomic E-state index is -1.56. The number of rotatable bonds is 5. The van der Waals surface area contributed by atoms with Gasteiger partial charge in [-0.1, -0.05) is 80.3 Å². The summed E-state index contributed by atoms with van der Waals surface area (Å²) in [6.07, 6.45) is 4.91. The third-order valence-electron chi connectivity index (χ3n) is 7.78. The van der Waals surface area contributed by atoms with E-state index in [1.54, 1.807) is 0 Å². The summed E-state index contributed by atoms with van der Waals surface area (Å²) in [5, 5.41) is 3.84. The first-order valence-electron chi connectivity index (χ1n) is 14.4. The molecule has 0 bridgehead atoms. The fourth-order valence-electron chi connectivity index (χ4n) is 5.27. The Hall–Kier alpha value is -3.37. The van der Waals surface area contributed by atoms with Gasteiger partial charge in [-0.25, -0.2) is 0 Å². The molecule has 0 amide bonds. The van der Waals surface area contributed by atoms with Crippen molar-refractivity contribution in [2.24, 2.45) is 0 Å². The average molecular weight is 747 g/mol. The van der Waals surface area contributed by atoms with E-state index in [9.17, 15) is 0 Å². The Labute approximate surface area is 264 Å². The Balaban J connectivity index is 0.000000243. The van der Waals surface area contributed by atoms with Gasteiger partial charge in [0.15, 0.2) is 0 Å². The third kappa shape index (κ3) is 6.49. The average Bonchev–Trinajstić information content (AvgIpc) is 3.37. The van der Waals surface area contributed by atoms with Gasteiger partial charge in [0.2, 0.25) is 0 Å². The first-order chi connectivity index (χ1) is 19.7. The number of pyridine rings is 2. The molecule has 0 spiro atoms. The van der Waals surface area contributed by atoms with Crippen LogP contribution in [-0.2, 0) is 20.1 Å². The Morgan fingerprint density at radius 2 is 1.67 bits per heavy atom. The summed E-state index contributed by atoms with van der Waals surface area (Å²) in [6.45, 7) is 15.9. The summed E-state index contributed by atoms with van der Waals surface area (Å²) < 4.78 is 6.41. The van der Waals surface area contributed by atoms with Gasteiger partial charge < -0.3 is 14.4 Å². The van der Waals surface area contributed by atoms with E-state index >= 15 is 0 Å². The Kier molecular flexibility index (Phi) is 9.99. The summed E-state index contributed by atoms with van der Waals surface area (Å²) in [5.41, 5.74) is 9.63. The van der Waals surface area contributed by atoms with Crippen LogP contribution in [0.5, 0.6) is 0 Å². The zero-order chi connectivity index (χ0) is 29.1. The molecular formula is C37H38IrN2OSi-2. The Morgan fingerprint density at radius 1 is 0.905 bits per heavy atom. The number of nitrogens with zero attached hydrogens (tertiary/aromatic N) is 2. The molecule has 1 unspecified atom stereocenters. The van der Waals surface area contributed by atoms with Gasteiger partial charge in [-0.15, -0.1) is 53.2 Å². The van der Waals surface area contributed by atoms with Crippen LogP contribution in [0.3, 0.4) is 0 Å². The van der Waals surface area contributed by atoms with Crippen LogP contribution >= 0.6 is 0 Å². The Bertz CT molecular complexity index is 1790. The van der Waals surface area contributed by atoms with Crippen molar-refractivity contribution in [1.82, 2.24) is 9.97 Å². The van der Waals surface area contributed by atoms with Crippen molar-refractivity contribution < 1.29 is 24.5 Å². The van der Waals surface area contributed by atoms with Gasteiger partial charge in [0.25, 0.3) is 0 Å². The van der Waals surface area contributed by atoms with Crippen molar-refractivity contribution in [3.63, 3.8) is 0 Å². The van der Waals surface area contributed by atoms with Crippen LogP contribution in [0, 0.1) is 26.0 Å². The third-order valence-corrected chi connectivity index (χ3v) is 9.79. The molecule has 6 rings (SSSR count). The number of para-hydroxylation sites is 1. The maximum atomic E-state index is 6.41. The van der Waals surface area contributed by atoms with Gasteiger partial charge >= 0.3 is 0 Å². The minimum absolute atomic E-state index is 0. The number of hydrogen-bond donors (Lipinski definition) is 0. The molecule has 3 heterocycles. The zero-order valence-electron chi connectivity index (χ0n) is 25.5. The second-order valence-corrected chi connectivity index (χ2v) is 16.8. The molecule has 217 valence electrons. The van der Waals surface area contributed by atoms with Gasteiger partial charge in [-0.2, -0.15) is 0 Å². The fourth-order valence-corrected chi connectivity index (χ4v) is 6.78. The van der Waals surface area contributed by atoms with Gasteiger partial charge in [0.1, 0.15) is 5.58 Å². The van der Waals surface area contributed by atoms with Crippen molar-refractivity contribution in [1.29, 1.82) is 0 Å². The van der Waals surface area contributed by atoms with E-state index in [2.05, 4.69) is 93.9 Å². The molecule has 6 aromatic rings. The summed E-state index contributed by atoms with van der Waals surface area (Å²) in [4.78, 5) is 9.08. The first kappa shape index (κ1) is 31.6. The van der Waals surface area contributed by atoms with Crippen molar-refractivity contribution in [2.45, 2.75) is 59.7 Å². The molecule has 5 heteroatoms. The molecular weight excluding hydrogens is 709 g/mol. The van der Waals surface area contributed by atoms with Crippen molar-refractivity contribution in [2.75, 3.05) is 0 Å². The van der Waals surface area contributed by atoms with Crippen LogP contribution in [0.1, 0.15) is 42.9 Å². The van der Waals surface area contributed by atoms with Crippen LogP contribution < -0.4 is 5.19 Å². The van der Waals surface area contributed by atoms with E-state index in [0.717, 1.165) is 40.1 Å². The predicted molar refractivity (Wildman–Crippen MR) is 175 cm³/mol. The predicted octanol–water partition coefficient (Wildman–Crippen LogP) is 9.67. The summed E-state index contributed by atoms with van der Waals surface area (Å²) >= 11 is 0. The largest absolute Gasteiger partial charge is 0.501 e. The van der Waals surface area contributed by atoms with Gasteiger partial charge in [-0.05, 0) is 60.8 Å². The molecule has 3 aromatic carbocycles. The number of aryl methyl sites for hydroxylation is 1. The SMILES string of the molecule is CCC(C)c1ccnc(-c2[c-]cc([Si](C)(C)C)c3c2oc2ccccc23)c1C.Cc1ccc(-c2[c-]cccc2)nc1.[Ir]. The van der Waals surface area contributed by atoms with E-state index in [-0.39, 0.29) is 20.1 Å². The number of benzene rings is 3. The summed E-state index contributed by atoms with van der Waals surface area (Å²) in [6, 6.07) is 31.4. The monoisotopic (exact) mass is 747 g/mol. The topological polar surface area (TPSA) is 38.9 Å². The number of furan rings is 1. The van der Waals surface area contributed by atoms with E-state index in [0.29, 0.717) is 5.92 Å². The van der Waals surface area contributed by atoms with Crippen molar-refractivity contribution >= 4 is 35.2 Å². The normalized spacial score (nSPS) is 12.0. The molecule has 42 heavy (non-hydrogen) atoms. The molecule has 0 aliphatic rings. The standard InChI is InChI=1S/C25H28NOSi.C12H10N.Ir/c1-7-16(2)18-14-15-26-24(17(18)3)20-12-13-22(28(4,5)6)23-19-10-8-9-11-21(19)27-25(20)23;1-10-7-8-12(13-9-10)11-5-3-2-4-6-11;/h8-11,13-16H,7H2,1-6H3;2-5,7-9H,1H3;/q2*-1;. The minimum Gasteiger partial charge on any atom is -0.501 e. The van der Waals surface area contributed by atoms with E-state index in [1.807, 2.05) is 55.7 Å². The molecule has 3 nitrogen and oxygen atoms in total. The van der Waals surface area contributed by atoms with Crippen LogP contribution in [-0.4, -0.2) is 18.0 Å². The molecule has 0 aliphatic heterocycles.